The molecule has 0 fully saturated rings. The van der Waals surface area contributed by atoms with Crippen molar-refractivity contribution < 1.29 is 8.83 Å². The number of hydrogen-bond donors (Lipinski definition) is 0. The lowest BCUT2D eigenvalue weighted by molar-refractivity contribution is 0.561. The van der Waals surface area contributed by atoms with E-state index in [1.807, 2.05) is 24.3 Å². The molecule has 6 aromatic rings. The maximum Gasteiger partial charge on any atom is 0.345 e. The van der Waals surface area contributed by atoms with Crippen LogP contribution >= 0.6 is 86.4 Å². The molecule has 178 valence electrons. The Balaban J connectivity index is 1.39. The second kappa shape index (κ2) is 9.41. The summed E-state index contributed by atoms with van der Waals surface area (Å²) in [5.41, 5.74) is 1.70. The first kappa shape index (κ1) is 24.4. The van der Waals surface area contributed by atoms with Gasteiger partial charge >= 0.3 is 11.3 Å². The number of aromatic nitrogens is 2. The van der Waals surface area contributed by atoms with Gasteiger partial charge < -0.3 is 8.83 Å². The summed E-state index contributed by atoms with van der Waals surface area (Å²) in [5, 5.41) is 6.37. The maximum atomic E-state index is 12.7. The van der Waals surface area contributed by atoms with E-state index in [0.717, 1.165) is 19.7 Å². The molecule has 0 N–H and O–H groups in total. The summed E-state index contributed by atoms with van der Waals surface area (Å²) < 4.78 is 14.2. The first-order valence-electron chi connectivity index (χ1n) is 10.0. The van der Waals surface area contributed by atoms with Crippen molar-refractivity contribution in [1.29, 1.82) is 0 Å². The molecule has 0 aliphatic carbocycles. The van der Waals surface area contributed by atoms with Crippen molar-refractivity contribution in [2.75, 3.05) is 0 Å². The van der Waals surface area contributed by atoms with Gasteiger partial charge in [-0.2, -0.15) is 0 Å². The van der Waals surface area contributed by atoms with Crippen LogP contribution < -0.4 is 11.3 Å². The third-order valence-corrected chi connectivity index (χ3v) is 9.17. The monoisotopic (exact) mass is 768 g/mol. The minimum Gasteiger partial charge on any atom is -0.421 e. The van der Waals surface area contributed by atoms with Crippen molar-refractivity contribution >= 4 is 108 Å². The molecular weight excluding hydrogens is 764 g/mol. The number of benzene rings is 2. The summed E-state index contributed by atoms with van der Waals surface area (Å²) in [5.74, 6) is 0. The Bertz CT molecular complexity index is 1820. The van der Waals surface area contributed by atoms with Crippen molar-refractivity contribution in [3.8, 4) is 32.5 Å². The Hall–Kier alpha value is -1.96. The highest BCUT2D eigenvalue weighted by Gasteiger charge is 2.18. The first-order chi connectivity index (χ1) is 17.3. The van der Waals surface area contributed by atoms with Gasteiger partial charge in [-0.25, -0.2) is 19.6 Å². The highest BCUT2D eigenvalue weighted by atomic mass is 79.9. The number of fused-ring (bicyclic) bond motifs is 2. The first-order valence-corrected chi connectivity index (χ1v) is 15.0. The summed E-state index contributed by atoms with van der Waals surface area (Å²) >= 11 is 16.5. The van der Waals surface area contributed by atoms with Crippen molar-refractivity contribution in [3.05, 3.63) is 85.9 Å². The van der Waals surface area contributed by atoms with E-state index in [9.17, 15) is 9.59 Å². The third kappa shape index (κ3) is 4.37. The zero-order chi connectivity index (χ0) is 25.1. The molecule has 4 heterocycles. The van der Waals surface area contributed by atoms with Crippen LogP contribution in [0, 0.1) is 0 Å². The minimum absolute atomic E-state index is 0.359. The van der Waals surface area contributed by atoms with E-state index >= 15 is 0 Å². The van der Waals surface area contributed by atoms with Crippen molar-refractivity contribution in [2.24, 2.45) is 0 Å². The summed E-state index contributed by atoms with van der Waals surface area (Å²) in [6.07, 6.45) is 0. The van der Waals surface area contributed by atoms with Crippen molar-refractivity contribution in [3.63, 3.8) is 0 Å². The molecule has 0 spiro atoms. The molecule has 0 bridgehead atoms. The number of halogens is 4. The van der Waals surface area contributed by atoms with Crippen molar-refractivity contribution in [1.82, 2.24) is 9.97 Å². The SMILES string of the molecule is O=c1oc2c(Br)cc(Br)cc2cc1-c1csc(-c2nc(-c3cc4cc(Br)cc(Br)c4oc3=O)cs2)n1. The predicted molar refractivity (Wildman–Crippen MR) is 157 cm³/mol. The van der Waals surface area contributed by atoms with Gasteiger partial charge in [-0.15, -0.1) is 22.7 Å². The lowest BCUT2D eigenvalue weighted by atomic mass is 10.1. The summed E-state index contributed by atoms with van der Waals surface area (Å²) in [7, 11) is 0. The molecule has 0 radical (unpaired) electrons. The third-order valence-electron chi connectivity index (χ3n) is 5.25. The Labute approximate surface area is 243 Å². The van der Waals surface area contributed by atoms with Crippen molar-refractivity contribution in [2.45, 2.75) is 0 Å². The smallest absolute Gasteiger partial charge is 0.345 e. The van der Waals surface area contributed by atoms with Gasteiger partial charge in [0.1, 0.15) is 0 Å². The average Bonchev–Trinajstić information content (AvgIpc) is 3.49. The van der Waals surface area contributed by atoms with Gasteiger partial charge in [0, 0.05) is 30.5 Å². The van der Waals surface area contributed by atoms with E-state index in [1.165, 1.54) is 22.7 Å². The van der Waals surface area contributed by atoms with Gasteiger partial charge in [-0.05, 0) is 68.3 Å². The molecule has 0 saturated carbocycles. The molecule has 12 heteroatoms. The van der Waals surface area contributed by atoms with E-state index in [0.29, 0.717) is 52.6 Å². The number of thiazole rings is 2. The highest BCUT2D eigenvalue weighted by molar-refractivity contribution is 9.11. The molecule has 36 heavy (non-hydrogen) atoms. The number of rotatable bonds is 3. The van der Waals surface area contributed by atoms with Crippen LogP contribution in [0.25, 0.3) is 54.5 Å². The molecule has 0 amide bonds. The normalized spacial score (nSPS) is 11.6. The molecule has 0 aliphatic heterocycles. The highest BCUT2D eigenvalue weighted by Crippen LogP contribution is 2.35. The molecule has 0 unspecified atom stereocenters. The molecule has 4 aromatic heterocycles. The zero-order valence-corrected chi connectivity index (χ0v) is 25.5. The lowest BCUT2D eigenvalue weighted by Gasteiger charge is -2.03. The molecular formula is C24H8Br4N2O4S2. The predicted octanol–water partition coefficient (Wildman–Crippen LogP) is 8.86. The summed E-state index contributed by atoms with van der Waals surface area (Å²) in [6, 6.07) is 10.9. The summed E-state index contributed by atoms with van der Waals surface area (Å²) in [6.45, 7) is 0. The maximum absolute atomic E-state index is 12.7. The van der Waals surface area contributed by atoms with Gasteiger partial charge in [-0.3, -0.25) is 0 Å². The van der Waals surface area contributed by atoms with Crippen LogP contribution in [0.3, 0.4) is 0 Å². The van der Waals surface area contributed by atoms with E-state index in [1.54, 1.807) is 22.9 Å². The number of nitrogens with zero attached hydrogens (tertiary/aromatic N) is 2. The summed E-state index contributed by atoms with van der Waals surface area (Å²) in [4.78, 5) is 34.7. The topological polar surface area (TPSA) is 86.2 Å². The average molecular weight is 772 g/mol. The second-order valence-corrected chi connectivity index (χ2v) is 12.8. The van der Waals surface area contributed by atoms with Crippen LogP contribution in [0.2, 0.25) is 0 Å². The molecule has 6 rings (SSSR count). The fraction of sp³-hybridized carbons (Fsp3) is 0. The van der Waals surface area contributed by atoms with Gasteiger partial charge in [0.05, 0.1) is 31.5 Å². The number of hydrogen-bond acceptors (Lipinski definition) is 8. The molecule has 6 nitrogen and oxygen atoms in total. The van der Waals surface area contributed by atoms with Gasteiger partial charge in [-0.1, -0.05) is 31.9 Å². The second-order valence-electron chi connectivity index (χ2n) is 7.58. The van der Waals surface area contributed by atoms with E-state index in [4.69, 9.17) is 8.83 Å². The van der Waals surface area contributed by atoms with Gasteiger partial charge in [0.15, 0.2) is 21.2 Å². The Kier molecular flexibility index (Phi) is 6.37. The van der Waals surface area contributed by atoms with E-state index < -0.39 is 11.3 Å². The van der Waals surface area contributed by atoms with Crippen LogP contribution in [0.4, 0.5) is 0 Å². The molecule has 0 saturated heterocycles. The van der Waals surface area contributed by atoms with Gasteiger partial charge in [0.2, 0.25) is 0 Å². The lowest BCUT2D eigenvalue weighted by Crippen LogP contribution is -2.03. The van der Waals surface area contributed by atoms with E-state index in [-0.39, 0.29) is 0 Å². The molecule has 0 atom stereocenters. The molecule has 0 aliphatic rings. The largest absolute Gasteiger partial charge is 0.421 e. The standard InChI is InChI=1S/C24H8Br4N2O4S2/c25-11-1-9-3-13(23(31)33-19(9)15(27)5-11)17-7-35-21(29-17)22-30-18(8-36-22)14-4-10-2-12(26)6-16(28)20(10)34-24(14)32/h1-8H. The fourth-order valence-electron chi connectivity index (χ4n) is 3.66. The van der Waals surface area contributed by atoms with E-state index in [2.05, 4.69) is 73.7 Å². The zero-order valence-electron chi connectivity index (χ0n) is 17.5. The minimum atomic E-state index is -0.478. The molecule has 2 aromatic carbocycles. The fourth-order valence-corrected chi connectivity index (χ4v) is 8.03. The quantitative estimate of drug-likeness (QED) is 0.167. The van der Waals surface area contributed by atoms with Gasteiger partial charge in [0.25, 0.3) is 0 Å². The Morgan fingerprint density at radius 2 is 1.03 bits per heavy atom. The van der Waals surface area contributed by atoms with Crippen LogP contribution in [0.5, 0.6) is 0 Å². The van der Waals surface area contributed by atoms with Crippen LogP contribution in [-0.4, -0.2) is 9.97 Å². The Morgan fingerprint density at radius 3 is 1.44 bits per heavy atom. The van der Waals surface area contributed by atoms with Crippen LogP contribution in [0.1, 0.15) is 0 Å². The van der Waals surface area contributed by atoms with Crippen LogP contribution in [-0.2, 0) is 0 Å². The Morgan fingerprint density at radius 1 is 0.611 bits per heavy atom. The van der Waals surface area contributed by atoms with Crippen LogP contribution in [0.15, 0.2) is 83.5 Å².